The zero-order valence-corrected chi connectivity index (χ0v) is 17.4. The van der Waals surface area contributed by atoms with Gasteiger partial charge in [0.15, 0.2) is 5.16 Å². The number of amides is 2. The molecule has 7 nitrogen and oxygen atoms in total. The second kappa shape index (κ2) is 9.93. The maximum absolute atomic E-state index is 12.3. The van der Waals surface area contributed by atoms with Crippen molar-refractivity contribution >= 4 is 40.9 Å². The molecule has 1 aliphatic rings. The van der Waals surface area contributed by atoms with E-state index in [0.717, 1.165) is 12.8 Å². The van der Waals surface area contributed by atoms with E-state index < -0.39 is 0 Å². The van der Waals surface area contributed by atoms with E-state index in [2.05, 4.69) is 20.8 Å². The molecular formula is C19H24ClN5O2S. The Morgan fingerprint density at radius 3 is 2.68 bits per heavy atom. The highest BCUT2D eigenvalue weighted by atomic mass is 35.5. The van der Waals surface area contributed by atoms with E-state index in [1.807, 2.05) is 0 Å². The lowest BCUT2D eigenvalue weighted by atomic mass is 9.95. The highest BCUT2D eigenvalue weighted by Crippen LogP contribution is 2.21. The fourth-order valence-corrected chi connectivity index (χ4v) is 4.10. The summed E-state index contributed by atoms with van der Waals surface area (Å²) >= 11 is 7.38. The van der Waals surface area contributed by atoms with E-state index in [0.29, 0.717) is 27.7 Å². The van der Waals surface area contributed by atoms with E-state index in [-0.39, 0.29) is 24.0 Å². The van der Waals surface area contributed by atoms with Gasteiger partial charge in [0.05, 0.1) is 22.9 Å². The molecule has 0 radical (unpaired) electrons. The van der Waals surface area contributed by atoms with Gasteiger partial charge in [0.25, 0.3) is 0 Å². The largest absolute Gasteiger partial charge is 0.353 e. The average Bonchev–Trinajstić information content (AvgIpc) is 3.02. The van der Waals surface area contributed by atoms with Crippen molar-refractivity contribution in [3.63, 3.8) is 0 Å². The number of hydrogen-bond acceptors (Lipinski definition) is 5. The maximum Gasteiger partial charge on any atom is 0.232 e. The molecular weight excluding hydrogens is 398 g/mol. The molecule has 2 N–H and O–H groups in total. The lowest BCUT2D eigenvalue weighted by Crippen LogP contribution is -2.37. The number of benzene rings is 1. The Morgan fingerprint density at radius 1 is 1.18 bits per heavy atom. The number of nitrogens with zero attached hydrogens (tertiary/aromatic N) is 3. The minimum atomic E-state index is -0.227. The quantitative estimate of drug-likeness (QED) is 0.670. The Hall–Kier alpha value is -2.06. The topological polar surface area (TPSA) is 88.9 Å². The lowest BCUT2D eigenvalue weighted by molar-refractivity contribution is -0.119. The molecule has 0 saturated heterocycles. The predicted octanol–water partition coefficient (Wildman–Crippen LogP) is 3.19. The fourth-order valence-electron chi connectivity index (χ4n) is 3.17. The first-order valence-electron chi connectivity index (χ1n) is 9.37. The van der Waals surface area contributed by atoms with Crippen LogP contribution in [0.25, 0.3) is 0 Å². The van der Waals surface area contributed by atoms with Crippen LogP contribution in [0.2, 0.25) is 5.02 Å². The summed E-state index contributed by atoms with van der Waals surface area (Å²) in [6, 6.07) is 7.35. The van der Waals surface area contributed by atoms with Crippen molar-refractivity contribution in [1.82, 2.24) is 20.1 Å². The molecule has 0 atom stereocenters. The van der Waals surface area contributed by atoms with Gasteiger partial charge in [-0.3, -0.25) is 9.59 Å². The molecule has 2 amide bonds. The molecule has 28 heavy (non-hydrogen) atoms. The van der Waals surface area contributed by atoms with E-state index in [1.165, 1.54) is 31.0 Å². The van der Waals surface area contributed by atoms with Crippen LogP contribution in [0.1, 0.15) is 37.9 Å². The van der Waals surface area contributed by atoms with Gasteiger partial charge in [-0.05, 0) is 25.0 Å². The molecule has 0 spiro atoms. The number of halogens is 1. The Morgan fingerprint density at radius 2 is 1.93 bits per heavy atom. The predicted molar refractivity (Wildman–Crippen MR) is 111 cm³/mol. The molecule has 150 valence electrons. The first-order valence-corrected chi connectivity index (χ1v) is 10.7. The van der Waals surface area contributed by atoms with E-state index in [4.69, 9.17) is 11.6 Å². The second-order valence-corrected chi connectivity index (χ2v) is 8.20. The lowest BCUT2D eigenvalue weighted by Gasteiger charge is -2.22. The molecule has 1 aromatic heterocycles. The van der Waals surface area contributed by atoms with Crippen molar-refractivity contribution in [1.29, 1.82) is 0 Å². The van der Waals surface area contributed by atoms with Gasteiger partial charge in [-0.15, -0.1) is 10.2 Å². The molecule has 0 bridgehead atoms. The van der Waals surface area contributed by atoms with Crippen molar-refractivity contribution in [2.75, 3.05) is 11.1 Å². The second-order valence-electron chi connectivity index (χ2n) is 6.85. The molecule has 1 aromatic carbocycles. The zero-order chi connectivity index (χ0) is 19.9. The molecule has 2 aromatic rings. The number of carbonyl (C=O) groups excluding carboxylic acids is 2. The summed E-state index contributed by atoms with van der Waals surface area (Å²) in [6.07, 6.45) is 5.81. The Balaban J connectivity index is 1.49. The summed E-state index contributed by atoms with van der Waals surface area (Å²) in [5.41, 5.74) is 0.560. The van der Waals surface area contributed by atoms with Crippen LogP contribution in [-0.2, 0) is 23.1 Å². The van der Waals surface area contributed by atoms with Gasteiger partial charge >= 0.3 is 0 Å². The van der Waals surface area contributed by atoms with Crippen molar-refractivity contribution in [3.8, 4) is 0 Å². The number of carbonyl (C=O) groups is 2. The number of aromatic nitrogens is 3. The van der Waals surface area contributed by atoms with Crippen molar-refractivity contribution in [2.24, 2.45) is 7.05 Å². The third kappa shape index (κ3) is 5.72. The summed E-state index contributed by atoms with van der Waals surface area (Å²) in [7, 11) is 1.79. The molecule has 9 heteroatoms. The molecule has 1 aliphatic carbocycles. The van der Waals surface area contributed by atoms with E-state index >= 15 is 0 Å². The smallest absolute Gasteiger partial charge is 0.232 e. The first-order chi connectivity index (χ1) is 13.5. The number of anilines is 1. The number of nitrogens with one attached hydrogen (secondary N) is 2. The number of rotatable bonds is 7. The average molecular weight is 422 g/mol. The number of hydrogen-bond donors (Lipinski definition) is 2. The highest BCUT2D eigenvalue weighted by Gasteiger charge is 2.18. The SMILES string of the molecule is Cn1c(CC(=O)Nc2ccccc2Cl)nnc1SCC(=O)NC1CCCCC1. The number of thioether (sulfide) groups is 1. The van der Waals surface area contributed by atoms with Gasteiger partial charge in [0.1, 0.15) is 5.82 Å². The zero-order valence-electron chi connectivity index (χ0n) is 15.8. The van der Waals surface area contributed by atoms with Crippen LogP contribution in [0.15, 0.2) is 29.4 Å². The third-order valence-electron chi connectivity index (χ3n) is 4.69. The Kier molecular flexibility index (Phi) is 7.33. The van der Waals surface area contributed by atoms with Gasteiger partial charge in [-0.25, -0.2) is 0 Å². The van der Waals surface area contributed by atoms with Gasteiger partial charge in [0.2, 0.25) is 11.8 Å². The minimum absolute atomic E-state index is 0.0120. The molecule has 0 unspecified atom stereocenters. The summed E-state index contributed by atoms with van der Waals surface area (Å²) in [5.74, 6) is 0.599. The minimum Gasteiger partial charge on any atom is -0.353 e. The summed E-state index contributed by atoms with van der Waals surface area (Å²) in [5, 5.41) is 15.1. The summed E-state index contributed by atoms with van der Waals surface area (Å²) in [4.78, 5) is 24.4. The fraction of sp³-hybridized carbons (Fsp3) is 0.474. The molecule has 0 aliphatic heterocycles. The van der Waals surface area contributed by atoms with Crippen molar-refractivity contribution < 1.29 is 9.59 Å². The standard InChI is InChI=1S/C19H24ClN5O2S/c1-25-16(11-17(26)22-15-10-6-5-9-14(15)20)23-24-19(25)28-12-18(27)21-13-7-3-2-4-8-13/h5-6,9-10,13H,2-4,7-8,11-12H2,1H3,(H,21,27)(H,22,26). The Labute approximate surface area is 173 Å². The van der Waals surface area contributed by atoms with Gasteiger partial charge in [-0.2, -0.15) is 0 Å². The summed E-state index contributed by atoms with van der Waals surface area (Å²) in [6.45, 7) is 0. The summed E-state index contributed by atoms with van der Waals surface area (Å²) < 4.78 is 1.74. The van der Waals surface area contributed by atoms with Crippen LogP contribution >= 0.6 is 23.4 Å². The van der Waals surface area contributed by atoms with E-state index in [1.54, 1.807) is 35.9 Å². The number of para-hydroxylation sites is 1. The normalized spacial score (nSPS) is 14.6. The van der Waals surface area contributed by atoms with Gasteiger partial charge in [-0.1, -0.05) is 54.8 Å². The monoisotopic (exact) mass is 421 g/mol. The van der Waals surface area contributed by atoms with Gasteiger partial charge < -0.3 is 15.2 Å². The van der Waals surface area contributed by atoms with Crippen molar-refractivity contribution in [2.45, 2.75) is 49.7 Å². The van der Waals surface area contributed by atoms with Crippen LogP contribution in [0.4, 0.5) is 5.69 Å². The van der Waals surface area contributed by atoms with Crippen LogP contribution in [0, 0.1) is 0 Å². The highest BCUT2D eigenvalue weighted by molar-refractivity contribution is 7.99. The van der Waals surface area contributed by atoms with Crippen LogP contribution < -0.4 is 10.6 Å². The van der Waals surface area contributed by atoms with Crippen LogP contribution in [0.3, 0.4) is 0 Å². The van der Waals surface area contributed by atoms with Gasteiger partial charge in [0, 0.05) is 13.1 Å². The van der Waals surface area contributed by atoms with Crippen molar-refractivity contribution in [3.05, 3.63) is 35.1 Å². The molecule has 3 rings (SSSR count). The Bertz CT molecular complexity index is 835. The van der Waals surface area contributed by atoms with Crippen LogP contribution in [-0.4, -0.2) is 38.4 Å². The maximum atomic E-state index is 12.3. The molecule has 1 saturated carbocycles. The van der Waals surface area contributed by atoms with Crippen LogP contribution in [0.5, 0.6) is 0 Å². The first kappa shape index (κ1) is 20.7. The van der Waals surface area contributed by atoms with E-state index in [9.17, 15) is 9.59 Å². The third-order valence-corrected chi connectivity index (χ3v) is 6.04. The molecule has 1 fully saturated rings. The molecule has 1 heterocycles.